The van der Waals surface area contributed by atoms with Crippen LogP contribution in [0.1, 0.15) is 18.4 Å². The lowest BCUT2D eigenvalue weighted by Gasteiger charge is -2.22. The number of hydrogen-bond donors (Lipinski definition) is 1. The van der Waals surface area contributed by atoms with Gasteiger partial charge in [-0.2, -0.15) is 0 Å². The molecule has 2 rings (SSSR count). The third-order valence-corrected chi connectivity index (χ3v) is 4.06. The van der Waals surface area contributed by atoms with E-state index in [9.17, 15) is 9.59 Å². The first-order valence-electron chi connectivity index (χ1n) is 7.52. The van der Waals surface area contributed by atoms with Gasteiger partial charge in [0.2, 0.25) is 0 Å². The number of anilines is 1. The van der Waals surface area contributed by atoms with Crippen molar-refractivity contribution in [2.45, 2.75) is 19.4 Å². The summed E-state index contributed by atoms with van der Waals surface area (Å²) in [5.74, 6) is -0.879. The molecule has 5 nitrogen and oxygen atoms in total. The molecule has 0 aliphatic carbocycles. The van der Waals surface area contributed by atoms with Crippen LogP contribution in [-0.2, 0) is 16.1 Å². The number of ether oxygens (including phenoxy) is 1. The smallest absolute Gasteiger partial charge is 0.414 e. The van der Waals surface area contributed by atoms with Gasteiger partial charge in [-0.25, -0.2) is 4.79 Å². The summed E-state index contributed by atoms with van der Waals surface area (Å²) in [6.45, 7) is 0.472. The highest BCUT2D eigenvalue weighted by Crippen LogP contribution is 2.19. The molecule has 0 aliphatic rings. The number of aliphatic carboxylic acids is 1. The second kappa shape index (κ2) is 9.27. The zero-order valence-electron chi connectivity index (χ0n) is 13.0. The number of nitrogens with zero attached hydrogens (tertiary/aromatic N) is 1. The van der Waals surface area contributed by atoms with Gasteiger partial charge in [0.15, 0.2) is 0 Å². The summed E-state index contributed by atoms with van der Waals surface area (Å²) in [6, 6.07) is 16.9. The zero-order chi connectivity index (χ0) is 17.4. The highest BCUT2D eigenvalue weighted by Gasteiger charge is 2.17. The number of benzene rings is 2. The Labute approximate surface area is 154 Å². The van der Waals surface area contributed by atoms with E-state index < -0.39 is 12.1 Å². The second-order valence-corrected chi connectivity index (χ2v) is 6.41. The molecule has 2 aromatic carbocycles. The minimum Gasteiger partial charge on any atom is -0.481 e. The van der Waals surface area contributed by atoms with Gasteiger partial charge in [-0.1, -0.05) is 30.3 Å². The van der Waals surface area contributed by atoms with Crippen LogP contribution < -0.4 is 4.90 Å². The molecular formula is C18H18INO4. The number of carboxylic acids is 1. The van der Waals surface area contributed by atoms with Gasteiger partial charge in [0.1, 0.15) is 6.61 Å². The van der Waals surface area contributed by atoms with Gasteiger partial charge in [0.05, 0.1) is 0 Å². The van der Waals surface area contributed by atoms with Gasteiger partial charge in [-0.15, -0.1) is 0 Å². The van der Waals surface area contributed by atoms with Crippen LogP contribution in [0.15, 0.2) is 54.6 Å². The lowest BCUT2D eigenvalue weighted by molar-refractivity contribution is -0.137. The average Bonchev–Trinajstić information content (AvgIpc) is 2.58. The summed E-state index contributed by atoms with van der Waals surface area (Å²) in [4.78, 5) is 24.6. The molecule has 0 saturated heterocycles. The number of halogens is 1. The first-order valence-corrected chi connectivity index (χ1v) is 8.59. The molecule has 126 valence electrons. The maximum Gasteiger partial charge on any atom is 0.414 e. The Hall–Kier alpha value is -2.09. The fourth-order valence-electron chi connectivity index (χ4n) is 2.13. The van der Waals surface area contributed by atoms with Crippen molar-refractivity contribution in [2.24, 2.45) is 0 Å². The maximum atomic E-state index is 12.4. The maximum absolute atomic E-state index is 12.4. The summed E-state index contributed by atoms with van der Waals surface area (Å²) < 4.78 is 6.43. The Morgan fingerprint density at radius 2 is 1.71 bits per heavy atom. The van der Waals surface area contributed by atoms with Crippen molar-refractivity contribution in [3.63, 3.8) is 0 Å². The third kappa shape index (κ3) is 5.84. The van der Waals surface area contributed by atoms with Gasteiger partial charge in [-0.3, -0.25) is 9.69 Å². The van der Waals surface area contributed by atoms with Gasteiger partial charge in [0, 0.05) is 22.2 Å². The number of carbonyl (C=O) groups excluding carboxylic acids is 1. The molecular weight excluding hydrogens is 421 g/mol. The van der Waals surface area contributed by atoms with Crippen LogP contribution in [-0.4, -0.2) is 23.7 Å². The highest BCUT2D eigenvalue weighted by molar-refractivity contribution is 14.1. The Morgan fingerprint density at radius 3 is 2.33 bits per heavy atom. The van der Waals surface area contributed by atoms with Gasteiger partial charge in [-0.05, 0) is 58.8 Å². The fourth-order valence-corrected chi connectivity index (χ4v) is 2.49. The van der Waals surface area contributed by atoms with E-state index >= 15 is 0 Å². The Bertz CT molecular complexity index is 673. The van der Waals surface area contributed by atoms with Crippen molar-refractivity contribution >= 4 is 40.3 Å². The van der Waals surface area contributed by atoms with E-state index in [0.29, 0.717) is 18.7 Å². The second-order valence-electron chi connectivity index (χ2n) is 5.17. The monoisotopic (exact) mass is 439 g/mol. The minimum atomic E-state index is -0.879. The number of carbonyl (C=O) groups is 2. The molecule has 0 atom stereocenters. The molecule has 0 aromatic heterocycles. The molecule has 1 N–H and O–H groups in total. The molecule has 1 amide bonds. The van der Waals surface area contributed by atoms with Crippen LogP contribution in [0, 0.1) is 3.57 Å². The van der Waals surface area contributed by atoms with Crippen LogP contribution in [0.5, 0.6) is 0 Å². The molecule has 6 heteroatoms. The number of hydrogen-bond acceptors (Lipinski definition) is 3. The van der Waals surface area contributed by atoms with Crippen LogP contribution in [0.4, 0.5) is 10.5 Å². The Kier molecular flexibility index (Phi) is 7.05. The van der Waals surface area contributed by atoms with Crippen molar-refractivity contribution in [1.29, 1.82) is 0 Å². The largest absolute Gasteiger partial charge is 0.481 e. The fraction of sp³-hybridized carbons (Fsp3) is 0.222. The van der Waals surface area contributed by atoms with E-state index in [2.05, 4.69) is 22.6 Å². The van der Waals surface area contributed by atoms with Crippen LogP contribution in [0.3, 0.4) is 0 Å². The van der Waals surface area contributed by atoms with Crippen molar-refractivity contribution in [2.75, 3.05) is 11.4 Å². The van der Waals surface area contributed by atoms with E-state index in [-0.39, 0.29) is 13.0 Å². The lowest BCUT2D eigenvalue weighted by Crippen LogP contribution is -2.32. The molecule has 0 spiro atoms. The summed E-state index contributed by atoms with van der Waals surface area (Å²) >= 11 is 2.19. The SMILES string of the molecule is O=C(O)CCCN(C(=O)OCc1ccccc1)c1ccc(I)cc1. The lowest BCUT2D eigenvalue weighted by atomic mass is 10.2. The van der Waals surface area contributed by atoms with E-state index in [1.807, 2.05) is 54.6 Å². The molecule has 0 bridgehead atoms. The molecule has 24 heavy (non-hydrogen) atoms. The number of rotatable bonds is 7. The molecule has 2 aromatic rings. The van der Waals surface area contributed by atoms with Gasteiger partial charge < -0.3 is 9.84 Å². The predicted octanol–water partition coefficient (Wildman–Crippen LogP) is 4.30. The van der Waals surface area contributed by atoms with Crippen molar-refractivity contribution in [3.05, 3.63) is 63.7 Å². The standard InChI is InChI=1S/C18H18INO4/c19-15-8-10-16(11-9-15)20(12-4-7-17(21)22)18(23)24-13-14-5-2-1-3-6-14/h1-3,5-6,8-11H,4,7,12-13H2,(H,21,22). The topological polar surface area (TPSA) is 66.8 Å². The molecule has 0 unspecified atom stereocenters. The summed E-state index contributed by atoms with van der Waals surface area (Å²) in [7, 11) is 0. The van der Waals surface area contributed by atoms with Crippen LogP contribution in [0.25, 0.3) is 0 Å². The number of carboxylic acid groups (broad SMARTS) is 1. The van der Waals surface area contributed by atoms with Gasteiger partial charge >= 0.3 is 12.1 Å². The molecule has 0 heterocycles. The summed E-state index contributed by atoms with van der Waals surface area (Å²) in [5, 5.41) is 8.79. The molecule has 0 radical (unpaired) electrons. The predicted molar refractivity (Wildman–Crippen MR) is 100 cm³/mol. The quantitative estimate of drug-likeness (QED) is 0.654. The van der Waals surface area contributed by atoms with Crippen molar-refractivity contribution in [1.82, 2.24) is 0 Å². The van der Waals surface area contributed by atoms with Crippen LogP contribution >= 0.6 is 22.6 Å². The van der Waals surface area contributed by atoms with Crippen LogP contribution in [0.2, 0.25) is 0 Å². The molecule has 0 saturated carbocycles. The van der Waals surface area contributed by atoms with E-state index in [1.165, 1.54) is 4.90 Å². The molecule has 0 aliphatic heterocycles. The average molecular weight is 439 g/mol. The van der Waals surface area contributed by atoms with Crippen molar-refractivity contribution < 1.29 is 19.4 Å². The number of amides is 1. The van der Waals surface area contributed by atoms with Gasteiger partial charge in [0.25, 0.3) is 0 Å². The third-order valence-electron chi connectivity index (χ3n) is 3.34. The minimum absolute atomic E-state index is 0.00678. The summed E-state index contributed by atoms with van der Waals surface area (Å²) in [5.41, 5.74) is 1.60. The normalized spacial score (nSPS) is 10.2. The summed E-state index contributed by atoms with van der Waals surface area (Å²) in [6.07, 6.45) is -0.111. The first kappa shape index (κ1) is 18.3. The van der Waals surface area contributed by atoms with E-state index in [0.717, 1.165) is 9.13 Å². The highest BCUT2D eigenvalue weighted by atomic mass is 127. The zero-order valence-corrected chi connectivity index (χ0v) is 15.2. The Morgan fingerprint density at radius 1 is 1.04 bits per heavy atom. The van der Waals surface area contributed by atoms with Crippen molar-refractivity contribution in [3.8, 4) is 0 Å². The van der Waals surface area contributed by atoms with E-state index in [4.69, 9.17) is 9.84 Å². The first-order chi connectivity index (χ1) is 11.6. The molecule has 0 fully saturated rings. The van der Waals surface area contributed by atoms with E-state index in [1.54, 1.807) is 0 Å². The Balaban J connectivity index is 2.04.